The zero-order valence-electron chi connectivity index (χ0n) is 17.0. The van der Waals surface area contributed by atoms with E-state index in [4.69, 9.17) is 16.3 Å². The summed E-state index contributed by atoms with van der Waals surface area (Å²) in [4.78, 5) is 12.9. The SMILES string of the molecule is CCCN(NC[C@H](O)c1cccc(Cl)c1)c1cccc(-c2sccc2C(=O)OC)c1. The third kappa shape index (κ3) is 5.40. The number of halogens is 1. The van der Waals surface area contributed by atoms with Crippen LogP contribution in [0.3, 0.4) is 0 Å². The average Bonchev–Trinajstić information content (AvgIpc) is 3.26. The predicted octanol–water partition coefficient (Wildman–Crippen LogP) is 5.31. The number of benzene rings is 2. The number of methoxy groups -OCH3 is 1. The summed E-state index contributed by atoms with van der Waals surface area (Å²) in [5, 5.41) is 15.0. The van der Waals surface area contributed by atoms with Gasteiger partial charge in [-0.1, -0.05) is 42.8 Å². The van der Waals surface area contributed by atoms with E-state index in [-0.39, 0.29) is 5.97 Å². The molecule has 0 aliphatic heterocycles. The lowest BCUT2D eigenvalue weighted by Gasteiger charge is -2.27. The summed E-state index contributed by atoms with van der Waals surface area (Å²) in [6.07, 6.45) is 0.242. The summed E-state index contributed by atoms with van der Waals surface area (Å²) in [6.45, 7) is 3.21. The molecule has 0 unspecified atom stereocenters. The van der Waals surface area contributed by atoms with Gasteiger partial charge in [-0.15, -0.1) is 11.3 Å². The molecule has 0 saturated carbocycles. The van der Waals surface area contributed by atoms with E-state index in [2.05, 4.69) is 12.3 Å². The average molecular weight is 445 g/mol. The Balaban J connectivity index is 1.79. The minimum absolute atomic E-state index is 0.343. The van der Waals surface area contributed by atoms with Crippen LogP contribution in [0.4, 0.5) is 5.69 Å². The number of ether oxygens (including phenoxy) is 1. The fourth-order valence-electron chi connectivity index (χ4n) is 3.17. The first-order chi connectivity index (χ1) is 14.5. The van der Waals surface area contributed by atoms with Crippen LogP contribution in [-0.4, -0.2) is 31.3 Å². The molecule has 158 valence electrons. The van der Waals surface area contributed by atoms with Crippen molar-refractivity contribution in [3.63, 3.8) is 0 Å². The topological polar surface area (TPSA) is 61.8 Å². The molecule has 3 rings (SSSR count). The van der Waals surface area contributed by atoms with Gasteiger partial charge in [-0.25, -0.2) is 10.2 Å². The van der Waals surface area contributed by atoms with Crippen molar-refractivity contribution < 1.29 is 14.6 Å². The van der Waals surface area contributed by atoms with E-state index in [1.807, 2.05) is 46.8 Å². The van der Waals surface area contributed by atoms with Crippen molar-refractivity contribution in [2.75, 3.05) is 25.2 Å². The Bertz CT molecular complexity index is 992. The minimum Gasteiger partial charge on any atom is -0.465 e. The molecule has 30 heavy (non-hydrogen) atoms. The van der Waals surface area contributed by atoms with Gasteiger partial charge in [-0.05, 0) is 53.3 Å². The van der Waals surface area contributed by atoms with Crippen LogP contribution < -0.4 is 10.4 Å². The van der Waals surface area contributed by atoms with Gasteiger partial charge in [-0.2, -0.15) is 0 Å². The van der Waals surface area contributed by atoms with Gasteiger partial charge in [0.2, 0.25) is 0 Å². The lowest BCUT2D eigenvalue weighted by Crippen LogP contribution is -2.41. The van der Waals surface area contributed by atoms with E-state index < -0.39 is 6.10 Å². The number of aliphatic hydroxyl groups is 1. The molecule has 0 spiro atoms. The van der Waals surface area contributed by atoms with E-state index in [0.717, 1.165) is 34.7 Å². The van der Waals surface area contributed by atoms with Gasteiger partial charge >= 0.3 is 5.97 Å². The van der Waals surface area contributed by atoms with Crippen LogP contribution in [0, 0.1) is 0 Å². The first-order valence-electron chi connectivity index (χ1n) is 9.74. The molecule has 2 aromatic carbocycles. The second-order valence-corrected chi connectivity index (χ2v) is 8.14. The summed E-state index contributed by atoms with van der Waals surface area (Å²) in [5.74, 6) is -0.343. The molecule has 0 aliphatic rings. The molecule has 7 heteroatoms. The van der Waals surface area contributed by atoms with Gasteiger partial charge in [0.1, 0.15) is 0 Å². The van der Waals surface area contributed by atoms with Crippen molar-refractivity contribution >= 4 is 34.6 Å². The highest BCUT2D eigenvalue weighted by Crippen LogP contribution is 2.32. The van der Waals surface area contributed by atoms with Gasteiger partial charge in [0.15, 0.2) is 0 Å². The van der Waals surface area contributed by atoms with Crippen LogP contribution in [-0.2, 0) is 4.74 Å². The predicted molar refractivity (Wildman–Crippen MR) is 123 cm³/mol. The zero-order chi connectivity index (χ0) is 21.5. The smallest absolute Gasteiger partial charge is 0.339 e. The Labute approximate surface area is 185 Å². The molecule has 0 amide bonds. The molecule has 5 nitrogen and oxygen atoms in total. The maximum absolute atomic E-state index is 12.1. The second kappa shape index (κ2) is 10.6. The second-order valence-electron chi connectivity index (χ2n) is 6.79. The molecule has 3 aromatic rings. The number of carbonyl (C=O) groups is 1. The van der Waals surface area contributed by atoms with Crippen LogP contribution >= 0.6 is 22.9 Å². The molecule has 1 atom stereocenters. The first kappa shape index (κ1) is 22.3. The number of nitrogens with one attached hydrogen (secondary N) is 1. The summed E-state index contributed by atoms with van der Waals surface area (Å²) in [5.41, 5.74) is 6.56. The van der Waals surface area contributed by atoms with Crippen molar-refractivity contribution in [3.8, 4) is 10.4 Å². The highest BCUT2D eigenvalue weighted by Gasteiger charge is 2.16. The largest absolute Gasteiger partial charge is 0.465 e. The number of hydrogen-bond donors (Lipinski definition) is 2. The standard InChI is InChI=1S/C23H25ClN2O3S/c1-3-11-26(25-15-21(27)16-6-4-8-18(24)13-16)19-9-5-7-17(14-19)22-20(10-12-30-22)23(28)29-2/h4-10,12-14,21,25,27H,3,11,15H2,1-2H3/t21-/m0/s1. The number of nitrogens with zero attached hydrogens (tertiary/aromatic N) is 1. The number of esters is 1. The normalized spacial score (nSPS) is 11.9. The lowest BCUT2D eigenvalue weighted by atomic mass is 10.1. The molecule has 0 saturated heterocycles. The Morgan fingerprint density at radius 3 is 2.77 bits per heavy atom. The van der Waals surface area contributed by atoms with Crippen LogP contribution in [0.2, 0.25) is 5.02 Å². The fourth-order valence-corrected chi connectivity index (χ4v) is 4.25. The fraction of sp³-hybridized carbons (Fsp3) is 0.261. The molecule has 0 radical (unpaired) electrons. The molecule has 1 aromatic heterocycles. The Hall–Kier alpha value is -2.38. The highest BCUT2D eigenvalue weighted by molar-refractivity contribution is 7.14. The van der Waals surface area contributed by atoms with Gasteiger partial charge in [-0.3, -0.25) is 0 Å². The summed E-state index contributed by atoms with van der Waals surface area (Å²) in [6, 6.07) is 17.0. The van der Waals surface area contributed by atoms with Crippen molar-refractivity contribution in [1.82, 2.24) is 5.43 Å². The van der Waals surface area contributed by atoms with Crippen molar-refractivity contribution in [3.05, 3.63) is 76.1 Å². The Kier molecular flexibility index (Phi) is 7.87. The van der Waals surface area contributed by atoms with Crippen LogP contribution in [0.25, 0.3) is 10.4 Å². The molecule has 2 N–H and O–H groups in total. The van der Waals surface area contributed by atoms with Crippen molar-refractivity contribution in [2.45, 2.75) is 19.4 Å². The van der Waals surface area contributed by atoms with Crippen molar-refractivity contribution in [1.29, 1.82) is 0 Å². The lowest BCUT2D eigenvalue weighted by molar-refractivity contribution is 0.0602. The Morgan fingerprint density at radius 2 is 2.03 bits per heavy atom. The maximum Gasteiger partial charge on any atom is 0.339 e. The third-order valence-electron chi connectivity index (χ3n) is 4.65. The molecule has 1 heterocycles. The summed E-state index contributed by atoms with van der Waals surface area (Å²) >= 11 is 7.54. The van der Waals surface area contributed by atoms with E-state index in [0.29, 0.717) is 17.1 Å². The first-order valence-corrected chi connectivity index (χ1v) is 11.0. The number of anilines is 1. The van der Waals surface area contributed by atoms with E-state index >= 15 is 0 Å². The maximum atomic E-state index is 12.1. The monoisotopic (exact) mass is 444 g/mol. The number of rotatable bonds is 9. The quantitative estimate of drug-likeness (QED) is 0.346. The van der Waals surface area contributed by atoms with Gasteiger partial charge in [0.25, 0.3) is 0 Å². The molecular weight excluding hydrogens is 420 g/mol. The molecular formula is C23H25ClN2O3S. The number of thiophene rings is 1. The minimum atomic E-state index is -0.686. The number of hydrazine groups is 1. The third-order valence-corrected chi connectivity index (χ3v) is 5.85. The number of aliphatic hydroxyl groups excluding tert-OH is 1. The Morgan fingerprint density at radius 1 is 1.23 bits per heavy atom. The molecule has 0 fully saturated rings. The van der Waals surface area contributed by atoms with Gasteiger partial charge < -0.3 is 14.9 Å². The van der Waals surface area contributed by atoms with Gasteiger partial charge in [0, 0.05) is 23.0 Å². The van der Waals surface area contributed by atoms with Crippen LogP contribution in [0.5, 0.6) is 0 Å². The number of hydrogen-bond acceptors (Lipinski definition) is 6. The zero-order valence-corrected chi connectivity index (χ0v) is 18.5. The number of carbonyl (C=O) groups excluding carboxylic acids is 1. The van der Waals surface area contributed by atoms with E-state index in [1.165, 1.54) is 18.4 Å². The highest BCUT2D eigenvalue weighted by atomic mass is 35.5. The van der Waals surface area contributed by atoms with E-state index in [1.54, 1.807) is 18.2 Å². The van der Waals surface area contributed by atoms with Crippen LogP contribution in [0.15, 0.2) is 60.0 Å². The van der Waals surface area contributed by atoms with E-state index in [9.17, 15) is 9.90 Å². The van der Waals surface area contributed by atoms with Crippen molar-refractivity contribution in [2.24, 2.45) is 0 Å². The summed E-state index contributed by atoms with van der Waals surface area (Å²) in [7, 11) is 1.39. The molecule has 0 bridgehead atoms. The van der Waals surface area contributed by atoms with Crippen LogP contribution in [0.1, 0.15) is 35.4 Å². The molecule has 0 aliphatic carbocycles. The van der Waals surface area contributed by atoms with Gasteiger partial charge in [0.05, 0.1) is 24.5 Å². The summed E-state index contributed by atoms with van der Waals surface area (Å²) < 4.78 is 4.90.